The van der Waals surface area contributed by atoms with Gasteiger partial charge in [0.05, 0.1) is 5.69 Å². The zero-order chi connectivity index (χ0) is 13.8. The third-order valence-electron chi connectivity index (χ3n) is 2.62. The summed E-state index contributed by atoms with van der Waals surface area (Å²) < 4.78 is 14.0. The van der Waals surface area contributed by atoms with Crippen molar-refractivity contribution in [3.05, 3.63) is 40.4 Å². The third kappa shape index (κ3) is 2.99. The van der Waals surface area contributed by atoms with E-state index in [2.05, 4.69) is 36.6 Å². The van der Waals surface area contributed by atoms with E-state index in [9.17, 15) is 4.39 Å². The van der Waals surface area contributed by atoms with Crippen LogP contribution >= 0.6 is 15.9 Å². The largest absolute Gasteiger partial charge is 0.339 e. The van der Waals surface area contributed by atoms with Crippen molar-refractivity contribution >= 4 is 33.3 Å². The van der Waals surface area contributed by atoms with Gasteiger partial charge in [-0.25, -0.2) is 20.2 Å². The number of hydrogen-bond acceptors (Lipinski definition) is 5. The lowest BCUT2D eigenvalue weighted by molar-refractivity contribution is 0.628. The van der Waals surface area contributed by atoms with E-state index >= 15 is 0 Å². The van der Waals surface area contributed by atoms with Gasteiger partial charge in [-0.3, -0.25) is 0 Å². The number of halogens is 2. The second kappa shape index (κ2) is 5.94. The van der Waals surface area contributed by atoms with Crippen molar-refractivity contribution in [1.29, 1.82) is 0 Å². The molecule has 0 aliphatic heterocycles. The fourth-order valence-corrected chi connectivity index (χ4v) is 2.05. The number of nitrogens with two attached hydrogens (primary N) is 1. The molecule has 4 N–H and O–H groups in total. The normalized spacial score (nSPS) is 10.3. The van der Waals surface area contributed by atoms with Crippen molar-refractivity contribution in [3.63, 3.8) is 0 Å². The lowest BCUT2D eigenvalue weighted by Crippen LogP contribution is -2.13. The van der Waals surface area contributed by atoms with E-state index in [0.717, 1.165) is 10.0 Å². The van der Waals surface area contributed by atoms with E-state index in [0.29, 0.717) is 23.7 Å². The first-order valence-electron chi connectivity index (χ1n) is 5.68. The van der Waals surface area contributed by atoms with Crippen molar-refractivity contribution in [2.75, 3.05) is 10.7 Å². The molecule has 0 amide bonds. The zero-order valence-corrected chi connectivity index (χ0v) is 11.8. The first kappa shape index (κ1) is 13.7. The van der Waals surface area contributed by atoms with Gasteiger partial charge in [-0.2, -0.15) is 0 Å². The Kier molecular flexibility index (Phi) is 4.28. The van der Waals surface area contributed by atoms with E-state index in [-0.39, 0.29) is 5.82 Å². The van der Waals surface area contributed by atoms with Gasteiger partial charge < -0.3 is 10.7 Å². The van der Waals surface area contributed by atoms with E-state index in [1.807, 2.05) is 6.92 Å². The van der Waals surface area contributed by atoms with Gasteiger partial charge in [0.1, 0.15) is 23.8 Å². The average Bonchev–Trinajstić information content (AvgIpc) is 2.42. The van der Waals surface area contributed by atoms with E-state index < -0.39 is 0 Å². The number of benzene rings is 1. The van der Waals surface area contributed by atoms with Crippen LogP contribution in [0.1, 0.15) is 12.5 Å². The Labute approximate surface area is 118 Å². The van der Waals surface area contributed by atoms with Crippen LogP contribution in [0.25, 0.3) is 0 Å². The van der Waals surface area contributed by atoms with Crippen LogP contribution in [0.2, 0.25) is 0 Å². The maximum absolute atomic E-state index is 13.3. The van der Waals surface area contributed by atoms with Gasteiger partial charge in [-0.05, 0) is 40.5 Å². The maximum Gasteiger partial charge on any atom is 0.148 e. The molecule has 100 valence electrons. The molecule has 0 spiro atoms. The highest BCUT2D eigenvalue weighted by Gasteiger charge is 2.10. The standard InChI is InChI=1S/C12H13BrFN5/c1-2-8-11(16-6-17-12(8)19-15)18-10-5-7(14)3-4-9(10)13/h3-6H,2,15H2,1H3,(H2,16,17,18,19). The Morgan fingerprint density at radius 1 is 1.32 bits per heavy atom. The SMILES string of the molecule is CCc1c(NN)ncnc1Nc1cc(F)ccc1Br. The smallest absolute Gasteiger partial charge is 0.148 e. The second-order valence-corrected chi connectivity index (χ2v) is 4.65. The molecule has 0 bridgehead atoms. The lowest BCUT2D eigenvalue weighted by Gasteiger charge is -2.13. The van der Waals surface area contributed by atoms with Crippen molar-refractivity contribution < 1.29 is 4.39 Å². The van der Waals surface area contributed by atoms with E-state index in [4.69, 9.17) is 5.84 Å². The highest BCUT2D eigenvalue weighted by atomic mass is 79.9. The van der Waals surface area contributed by atoms with Gasteiger partial charge in [-0.15, -0.1) is 0 Å². The summed E-state index contributed by atoms with van der Waals surface area (Å²) in [6.45, 7) is 1.96. The van der Waals surface area contributed by atoms with Crippen LogP contribution in [0.5, 0.6) is 0 Å². The fraction of sp³-hybridized carbons (Fsp3) is 0.167. The number of nitrogens with one attached hydrogen (secondary N) is 2. The predicted molar refractivity (Wildman–Crippen MR) is 76.6 cm³/mol. The summed E-state index contributed by atoms with van der Waals surface area (Å²) >= 11 is 3.36. The molecular weight excluding hydrogens is 313 g/mol. The molecule has 1 heterocycles. The highest BCUT2D eigenvalue weighted by molar-refractivity contribution is 9.10. The lowest BCUT2D eigenvalue weighted by atomic mass is 10.2. The van der Waals surface area contributed by atoms with Crippen LogP contribution in [0.4, 0.5) is 21.7 Å². The quantitative estimate of drug-likeness (QED) is 0.595. The summed E-state index contributed by atoms with van der Waals surface area (Å²) in [5.74, 6) is 6.22. The van der Waals surface area contributed by atoms with Crippen molar-refractivity contribution in [3.8, 4) is 0 Å². The molecule has 1 aromatic heterocycles. The molecule has 1 aromatic carbocycles. The van der Waals surface area contributed by atoms with Gasteiger partial charge >= 0.3 is 0 Å². The molecule has 5 nitrogen and oxygen atoms in total. The van der Waals surface area contributed by atoms with Gasteiger partial charge in [0, 0.05) is 10.0 Å². The molecule has 0 saturated carbocycles. The van der Waals surface area contributed by atoms with Crippen LogP contribution in [0, 0.1) is 5.82 Å². The summed E-state index contributed by atoms with van der Waals surface area (Å²) in [5, 5.41) is 3.07. The van der Waals surface area contributed by atoms with Crippen molar-refractivity contribution in [1.82, 2.24) is 9.97 Å². The van der Waals surface area contributed by atoms with Crippen LogP contribution < -0.4 is 16.6 Å². The minimum absolute atomic E-state index is 0.324. The minimum Gasteiger partial charge on any atom is -0.339 e. The van der Waals surface area contributed by atoms with Gasteiger partial charge in [-0.1, -0.05) is 6.92 Å². The van der Waals surface area contributed by atoms with Gasteiger partial charge in [0.15, 0.2) is 0 Å². The summed E-state index contributed by atoms with van der Waals surface area (Å²) in [7, 11) is 0. The third-order valence-corrected chi connectivity index (χ3v) is 3.31. The highest BCUT2D eigenvalue weighted by Crippen LogP contribution is 2.28. The molecule has 0 aliphatic carbocycles. The van der Waals surface area contributed by atoms with Crippen molar-refractivity contribution in [2.24, 2.45) is 5.84 Å². The summed E-state index contributed by atoms with van der Waals surface area (Å²) in [6.07, 6.45) is 2.08. The first-order valence-corrected chi connectivity index (χ1v) is 6.47. The number of nitrogen functional groups attached to an aromatic ring is 1. The van der Waals surface area contributed by atoms with Crippen molar-refractivity contribution in [2.45, 2.75) is 13.3 Å². The Balaban J connectivity index is 2.40. The molecular formula is C12H13BrFN5. The van der Waals surface area contributed by atoms with Gasteiger partial charge in [0.25, 0.3) is 0 Å². The summed E-state index contributed by atoms with van der Waals surface area (Å²) in [4.78, 5) is 8.20. The number of hydrogen-bond donors (Lipinski definition) is 3. The maximum atomic E-state index is 13.3. The van der Waals surface area contributed by atoms with Crippen LogP contribution in [-0.4, -0.2) is 9.97 Å². The number of hydrazine groups is 1. The Morgan fingerprint density at radius 2 is 2.05 bits per heavy atom. The van der Waals surface area contributed by atoms with Crippen LogP contribution in [-0.2, 0) is 6.42 Å². The molecule has 2 aromatic rings. The van der Waals surface area contributed by atoms with E-state index in [1.54, 1.807) is 6.07 Å². The monoisotopic (exact) mass is 325 g/mol. The molecule has 0 radical (unpaired) electrons. The summed E-state index contributed by atoms with van der Waals surface area (Å²) in [6, 6.07) is 4.40. The molecule has 0 saturated heterocycles. The number of rotatable bonds is 4. The molecule has 0 fully saturated rings. The Morgan fingerprint density at radius 3 is 2.74 bits per heavy atom. The van der Waals surface area contributed by atoms with Crippen LogP contribution in [0.3, 0.4) is 0 Å². The first-order chi connectivity index (χ1) is 9.15. The zero-order valence-electron chi connectivity index (χ0n) is 10.2. The number of anilines is 3. The average molecular weight is 326 g/mol. The van der Waals surface area contributed by atoms with Crippen LogP contribution in [0.15, 0.2) is 29.0 Å². The predicted octanol–water partition coefficient (Wildman–Crippen LogP) is 2.97. The minimum atomic E-state index is -0.324. The second-order valence-electron chi connectivity index (χ2n) is 3.80. The summed E-state index contributed by atoms with van der Waals surface area (Å²) in [5.41, 5.74) is 3.95. The molecule has 2 rings (SSSR count). The molecule has 19 heavy (non-hydrogen) atoms. The number of nitrogens with zero attached hydrogens (tertiary/aromatic N) is 2. The number of aromatic nitrogens is 2. The van der Waals surface area contributed by atoms with Gasteiger partial charge in [0.2, 0.25) is 0 Å². The fourth-order valence-electron chi connectivity index (χ4n) is 1.70. The van der Waals surface area contributed by atoms with E-state index in [1.165, 1.54) is 18.5 Å². The Bertz CT molecular complexity index is 590. The molecule has 0 aliphatic rings. The topological polar surface area (TPSA) is 75.9 Å². The molecule has 0 unspecified atom stereocenters. The molecule has 0 atom stereocenters. The Hall–Kier alpha value is -1.73. The molecule has 7 heteroatoms.